The first-order valence-corrected chi connectivity index (χ1v) is 7.41. The minimum absolute atomic E-state index is 0.493. The van der Waals surface area contributed by atoms with Gasteiger partial charge in [-0.2, -0.15) is 0 Å². The summed E-state index contributed by atoms with van der Waals surface area (Å²) in [6.07, 6.45) is 5.30. The van der Waals surface area contributed by atoms with E-state index in [1.54, 1.807) is 11.1 Å². The van der Waals surface area contributed by atoms with Crippen LogP contribution in [0.2, 0.25) is 0 Å². The molecule has 1 N–H and O–H groups in total. The van der Waals surface area contributed by atoms with Gasteiger partial charge in [-0.25, -0.2) is 0 Å². The minimum atomic E-state index is 0.493. The van der Waals surface area contributed by atoms with Crippen LogP contribution in [0.3, 0.4) is 0 Å². The van der Waals surface area contributed by atoms with Gasteiger partial charge in [0.2, 0.25) is 0 Å². The molecule has 18 heavy (non-hydrogen) atoms. The molecule has 1 fully saturated rings. The Kier molecular flexibility index (Phi) is 2.97. The fourth-order valence-corrected chi connectivity index (χ4v) is 3.22. The predicted octanol–water partition coefficient (Wildman–Crippen LogP) is 3.87. The van der Waals surface area contributed by atoms with Crippen molar-refractivity contribution in [1.82, 2.24) is 5.32 Å². The van der Waals surface area contributed by atoms with Gasteiger partial charge in [-0.05, 0) is 67.2 Å². The lowest BCUT2D eigenvalue weighted by Crippen LogP contribution is -2.22. The number of aryl methyl sites for hydroxylation is 2. The van der Waals surface area contributed by atoms with E-state index in [0.717, 1.165) is 5.92 Å². The Morgan fingerprint density at radius 1 is 1.28 bits per heavy atom. The second kappa shape index (κ2) is 4.38. The van der Waals surface area contributed by atoms with E-state index in [-0.39, 0.29) is 0 Å². The number of hydrogen-bond donors (Lipinski definition) is 1. The first kappa shape index (κ1) is 12.2. The zero-order valence-corrected chi connectivity index (χ0v) is 11.9. The number of nitrogens with one attached hydrogen (secondary N) is 1. The third-order valence-electron chi connectivity index (χ3n) is 5.01. The zero-order chi connectivity index (χ0) is 12.8. The Labute approximate surface area is 111 Å². The molecule has 0 heterocycles. The SMILES string of the molecule is CC(NCC1CC1(C)C)c1ccc2c(c1)CCC2. The van der Waals surface area contributed by atoms with Gasteiger partial charge in [-0.1, -0.05) is 32.0 Å². The molecule has 0 bridgehead atoms. The van der Waals surface area contributed by atoms with Crippen LogP contribution in [0.25, 0.3) is 0 Å². The van der Waals surface area contributed by atoms with Gasteiger partial charge in [0, 0.05) is 6.04 Å². The summed E-state index contributed by atoms with van der Waals surface area (Å²) >= 11 is 0. The third kappa shape index (κ3) is 2.33. The van der Waals surface area contributed by atoms with Crippen molar-refractivity contribution in [1.29, 1.82) is 0 Å². The van der Waals surface area contributed by atoms with Gasteiger partial charge in [-0.15, -0.1) is 0 Å². The molecular formula is C17H25N. The standard InChI is InChI=1S/C17H25N/c1-12(18-11-16-10-17(16,2)3)14-8-7-13-5-4-6-15(13)9-14/h7-9,12,16,18H,4-6,10-11H2,1-3H3. The summed E-state index contributed by atoms with van der Waals surface area (Å²) in [4.78, 5) is 0. The molecule has 1 aromatic rings. The number of hydrogen-bond acceptors (Lipinski definition) is 1. The van der Waals surface area contributed by atoms with E-state index in [4.69, 9.17) is 0 Å². The molecule has 0 amide bonds. The van der Waals surface area contributed by atoms with E-state index < -0.39 is 0 Å². The first-order valence-electron chi connectivity index (χ1n) is 7.41. The van der Waals surface area contributed by atoms with Crippen molar-refractivity contribution in [2.45, 2.75) is 52.5 Å². The molecule has 0 spiro atoms. The van der Waals surface area contributed by atoms with Crippen LogP contribution in [0.15, 0.2) is 18.2 Å². The molecule has 2 aliphatic rings. The van der Waals surface area contributed by atoms with Crippen molar-refractivity contribution in [3.8, 4) is 0 Å². The summed E-state index contributed by atoms with van der Waals surface area (Å²) in [5.74, 6) is 0.884. The highest BCUT2D eigenvalue weighted by Crippen LogP contribution is 2.51. The van der Waals surface area contributed by atoms with E-state index in [9.17, 15) is 0 Å². The van der Waals surface area contributed by atoms with Crippen molar-refractivity contribution >= 4 is 0 Å². The van der Waals surface area contributed by atoms with Crippen molar-refractivity contribution in [3.05, 3.63) is 34.9 Å². The molecule has 1 nitrogen and oxygen atoms in total. The largest absolute Gasteiger partial charge is 0.310 e. The molecule has 3 rings (SSSR count). The maximum absolute atomic E-state index is 3.71. The second-order valence-corrected chi connectivity index (χ2v) is 6.90. The molecule has 0 saturated heterocycles. The molecule has 2 aliphatic carbocycles. The average Bonchev–Trinajstić information content (AvgIpc) is 2.77. The molecule has 1 saturated carbocycles. The Morgan fingerprint density at radius 2 is 2.00 bits per heavy atom. The Balaban J connectivity index is 1.60. The molecule has 0 aliphatic heterocycles. The third-order valence-corrected chi connectivity index (χ3v) is 5.01. The van der Waals surface area contributed by atoms with Crippen LogP contribution in [0.4, 0.5) is 0 Å². The number of rotatable bonds is 4. The first-order chi connectivity index (χ1) is 8.56. The Morgan fingerprint density at radius 3 is 2.72 bits per heavy atom. The summed E-state index contributed by atoms with van der Waals surface area (Å²) in [6.45, 7) is 8.22. The van der Waals surface area contributed by atoms with Gasteiger partial charge in [0.1, 0.15) is 0 Å². The molecule has 0 radical (unpaired) electrons. The van der Waals surface area contributed by atoms with Crippen LogP contribution in [0.5, 0.6) is 0 Å². The van der Waals surface area contributed by atoms with Crippen LogP contribution in [-0.4, -0.2) is 6.54 Å². The highest BCUT2D eigenvalue weighted by molar-refractivity contribution is 5.36. The summed E-state index contributed by atoms with van der Waals surface area (Å²) in [6, 6.07) is 7.58. The molecule has 2 atom stereocenters. The highest BCUT2D eigenvalue weighted by atomic mass is 14.9. The summed E-state index contributed by atoms with van der Waals surface area (Å²) in [7, 11) is 0. The van der Waals surface area contributed by atoms with Crippen LogP contribution >= 0.6 is 0 Å². The quantitative estimate of drug-likeness (QED) is 0.846. The molecule has 1 heteroatoms. The normalized spacial score (nSPS) is 25.8. The fraction of sp³-hybridized carbons (Fsp3) is 0.647. The van der Waals surface area contributed by atoms with Gasteiger partial charge in [0.15, 0.2) is 0 Å². The summed E-state index contributed by atoms with van der Waals surface area (Å²) in [5, 5.41) is 3.71. The lowest BCUT2D eigenvalue weighted by atomic mass is 10.0. The summed E-state index contributed by atoms with van der Waals surface area (Å²) in [5.41, 5.74) is 5.22. The van der Waals surface area contributed by atoms with Gasteiger partial charge < -0.3 is 5.32 Å². The maximum Gasteiger partial charge on any atom is 0.0292 e. The van der Waals surface area contributed by atoms with Crippen molar-refractivity contribution in [2.24, 2.45) is 11.3 Å². The second-order valence-electron chi connectivity index (χ2n) is 6.90. The van der Waals surface area contributed by atoms with Crippen LogP contribution in [-0.2, 0) is 12.8 Å². The zero-order valence-electron chi connectivity index (χ0n) is 11.9. The summed E-state index contributed by atoms with van der Waals surface area (Å²) < 4.78 is 0. The highest BCUT2D eigenvalue weighted by Gasteiger charge is 2.44. The van der Waals surface area contributed by atoms with Gasteiger partial charge >= 0.3 is 0 Å². The van der Waals surface area contributed by atoms with E-state index in [2.05, 4.69) is 44.3 Å². The fourth-order valence-electron chi connectivity index (χ4n) is 3.22. The van der Waals surface area contributed by atoms with Crippen LogP contribution in [0.1, 0.15) is 56.3 Å². The molecule has 2 unspecified atom stereocenters. The van der Waals surface area contributed by atoms with Gasteiger partial charge in [0.05, 0.1) is 0 Å². The molecular weight excluding hydrogens is 218 g/mol. The van der Waals surface area contributed by atoms with Gasteiger partial charge in [0.25, 0.3) is 0 Å². The van der Waals surface area contributed by atoms with Crippen molar-refractivity contribution in [3.63, 3.8) is 0 Å². The van der Waals surface area contributed by atoms with E-state index in [0.29, 0.717) is 11.5 Å². The lowest BCUT2D eigenvalue weighted by molar-refractivity contribution is 0.485. The number of fused-ring (bicyclic) bond motifs is 1. The molecule has 0 aromatic heterocycles. The molecule has 1 aromatic carbocycles. The van der Waals surface area contributed by atoms with E-state index in [1.807, 2.05) is 0 Å². The average molecular weight is 243 g/mol. The Hall–Kier alpha value is -0.820. The van der Waals surface area contributed by atoms with Crippen LogP contribution in [0, 0.1) is 11.3 Å². The Bertz CT molecular complexity index is 447. The van der Waals surface area contributed by atoms with E-state index >= 15 is 0 Å². The topological polar surface area (TPSA) is 12.0 Å². The van der Waals surface area contributed by atoms with Gasteiger partial charge in [-0.3, -0.25) is 0 Å². The maximum atomic E-state index is 3.71. The molecule has 98 valence electrons. The van der Waals surface area contributed by atoms with Crippen LogP contribution < -0.4 is 5.32 Å². The lowest BCUT2D eigenvalue weighted by Gasteiger charge is -2.16. The number of benzene rings is 1. The van der Waals surface area contributed by atoms with E-state index in [1.165, 1.54) is 37.8 Å². The van der Waals surface area contributed by atoms with Crippen molar-refractivity contribution in [2.75, 3.05) is 6.54 Å². The smallest absolute Gasteiger partial charge is 0.0292 e. The van der Waals surface area contributed by atoms with Crippen molar-refractivity contribution < 1.29 is 0 Å². The monoisotopic (exact) mass is 243 g/mol. The minimum Gasteiger partial charge on any atom is -0.310 e. The predicted molar refractivity (Wildman–Crippen MR) is 76.8 cm³/mol.